The molecule has 0 atom stereocenters. The lowest BCUT2D eigenvalue weighted by Gasteiger charge is -2.30. The molecule has 5 rings (SSSR count). The lowest BCUT2D eigenvalue weighted by molar-refractivity contribution is 0.0703. The lowest BCUT2D eigenvalue weighted by atomic mass is 9.95. The van der Waals surface area contributed by atoms with Gasteiger partial charge in [-0.25, -0.2) is 4.39 Å². The van der Waals surface area contributed by atoms with Crippen molar-refractivity contribution in [1.29, 1.82) is 0 Å². The van der Waals surface area contributed by atoms with Crippen molar-refractivity contribution in [2.75, 3.05) is 13.1 Å². The lowest BCUT2D eigenvalue weighted by Crippen LogP contribution is -2.38. The molecule has 1 saturated heterocycles. The second-order valence-corrected chi connectivity index (χ2v) is 9.46. The third-order valence-corrected chi connectivity index (χ3v) is 6.89. The average molecular weight is 536 g/mol. The Bertz CT molecular complexity index is 1390. The SMILES string of the molecule is Cc1onc(-c2c(Cl)cccc2Cl)c1C(=O)N1CCC(c2nc(-c3ccc(Cl)cc3F)no2)CC1. The Labute approximate surface area is 214 Å². The maximum atomic E-state index is 14.2. The summed E-state index contributed by atoms with van der Waals surface area (Å²) in [6.07, 6.45) is 1.20. The minimum absolute atomic E-state index is 0.0586. The molecule has 4 aromatic rings. The predicted octanol–water partition coefficient (Wildman–Crippen LogP) is 6.82. The van der Waals surface area contributed by atoms with Gasteiger partial charge in [0.1, 0.15) is 22.8 Å². The first-order valence-electron chi connectivity index (χ1n) is 10.8. The molecular formula is C24H18Cl3FN4O3. The number of aryl methyl sites for hydroxylation is 1. The van der Waals surface area contributed by atoms with Crippen LogP contribution in [0.15, 0.2) is 45.4 Å². The Kier molecular flexibility index (Phi) is 6.53. The Morgan fingerprint density at radius 2 is 1.77 bits per heavy atom. The molecule has 0 N–H and O–H groups in total. The zero-order chi connectivity index (χ0) is 24.7. The number of hydrogen-bond acceptors (Lipinski definition) is 6. The minimum atomic E-state index is -0.524. The van der Waals surface area contributed by atoms with Crippen LogP contribution in [-0.2, 0) is 0 Å². The first-order chi connectivity index (χ1) is 16.8. The van der Waals surface area contributed by atoms with E-state index in [-0.39, 0.29) is 28.2 Å². The van der Waals surface area contributed by atoms with Gasteiger partial charge in [0.2, 0.25) is 11.7 Å². The molecule has 2 aromatic heterocycles. The Balaban J connectivity index is 1.32. The summed E-state index contributed by atoms with van der Waals surface area (Å²) in [5.74, 6) is 0.151. The normalized spacial score (nSPS) is 14.5. The number of amides is 1. The fourth-order valence-corrected chi connectivity index (χ4v) is 4.92. The smallest absolute Gasteiger partial charge is 0.259 e. The summed E-state index contributed by atoms with van der Waals surface area (Å²) < 4.78 is 25.0. The molecule has 0 unspecified atom stereocenters. The summed E-state index contributed by atoms with van der Waals surface area (Å²) in [4.78, 5) is 19.5. The first-order valence-corrected chi connectivity index (χ1v) is 12.0. The Morgan fingerprint density at radius 1 is 1.06 bits per heavy atom. The summed E-state index contributed by atoms with van der Waals surface area (Å²) in [5.41, 5.74) is 1.32. The highest BCUT2D eigenvalue weighted by Crippen LogP contribution is 2.38. The fourth-order valence-electron chi connectivity index (χ4n) is 4.19. The van der Waals surface area contributed by atoms with E-state index in [0.29, 0.717) is 64.4 Å². The van der Waals surface area contributed by atoms with Gasteiger partial charge in [-0.05, 0) is 50.1 Å². The summed E-state index contributed by atoms with van der Waals surface area (Å²) in [5, 5.41) is 9.03. The van der Waals surface area contributed by atoms with Gasteiger partial charge in [-0.1, -0.05) is 51.2 Å². The van der Waals surface area contributed by atoms with Crippen LogP contribution in [0.1, 0.15) is 40.8 Å². The van der Waals surface area contributed by atoms with E-state index in [9.17, 15) is 9.18 Å². The third-order valence-electron chi connectivity index (χ3n) is 6.02. The van der Waals surface area contributed by atoms with Gasteiger partial charge in [-0.2, -0.15) is 4.98 Å². The van der Waals surface area contributed by atoms with E-state index in [1.165, 1.54) is 12.1 Å². The predicted molar refractivity (Wildman–Crippen MR) is 129 cm³/mol. The van der Waals surface area contributed by atoms with Gasteiger partial charge >= 0.3 is 0 Å². The van der Waals surface area contributed by atoms with Crippen molar-refractivity contribution in [2.45, 2.75) is 25.7 Å². The Hall–Kier alpha value is -2.94. The fraction of sp³-hybridized carbons (Fsp3) is 0.250. The van der Waals surface area contributed by atoms with Crippen LogP contribution in [0.3, 0.4) is 0 Å². The number of benzene rings is 2. The third kappa shape index (κ3) is 4.53. The maximum Gasteiger partial charge on any atom is 0.259 e. The maximum absolute atomic E-state index is 14.2. The average Bonchev–Trinajstić information content (AvgIpc) is 3.46. The standard InChI is InChI=1S/C24H18Cl3FN4O3/c1-12-19(21(30-34-12)20-16(26)3-2-4-17(20)27)24(33)32-9-7-13(8-10-32)23-29-22(31-35-23)15-6-5-14(25)11-18(15)28/h2-6,11,13H,7-10H2,1H3. The number of rotatable bonds is 4. The van der Waals surface area contributed by atoms with Crippen LogP contribution in [0, 0.1) is 12.7 Å². The number of hydrogen-bond donors (Lipinski definition) is 0. The summed E-state index contributed by atoms with van der Waals surface area (Å²) in [6, 6.07) is 9.36. The van der Waals surface area contributed by atoms with Crippen LogP contribution in [0.25, 0.3) is 22.6 Å². The van der Waals surface area contributed by atoms with Crippen LogP contribution < -0.4 is 0 Å². The molecule has 0 aliphatic carbocycles. The molecule has 1 amide bonds. The Morgan fingerprint density at radius 3 is 2.46 bits per heavy atom. The summed E-state index contributed by atoms with van der Waals surface area (Å²) in [7, 11) is 0. The van der Waals surface area contributed by atoms with Crippen molar-refractivity contribution in [1.82, 2.24) is 20.2 Å². The topological polar surface area (TPSA) is 85.3 Å². The molecule has 35 heavy (non-hydrogen) atoms. The number of aromatic nitrogens is 3. The number of likely N-dealkylation sites (tertiary alicyclic amines) is 1. The first kappa shape index (κ1) is 23.8. The molecule has 0 bridgehead atoms. The van der Waals surface area contributed by atoms with E-state index in [2.05, 4.69) is 15.3 Å². The van der Waals surface area contributed by atoms with E-state index in [4.69, 9.17) is 43.8 Å². The van der Waals surface area contributed by atoms with Gasteiger partial charge in [0.25, 0.3) is 5.91 Å². The van der Waals surface area contributed by atoms with Gasteiger partial charge in [0, 0.05) is 29.6 Å². The van der Waals surface area contributed by atoms with E-state index >= 15 is 0 Å². The highest BCUT2D eigenvalue weighted by atomic mass is 35.5. The number of halogens is 4. The molecule has 2 aromatic carbocycles. The molecule has 7 nitrogen and oxygen atoms in total. The van der Waals surface area contributed by atoms with Crippen LogP contribution in [0.4, 0.5) is 4.39 Å². The van der Waals surface area contributed by atoms with Crippen LogP contribution in [0.5, 0.6) is 0 Å². The largest absolute Gasteiger partial charge is 0.360 e. The second kappa shape index (κ2) is 9.60. The molecule has 0 radical (unpaired) electrons. The highest BCUT2D eigenvalue weighted by molar-refractivity contribution is 6.39. The van der Waals surface area contributed by atoms with Gasteiger partial charge in [-0.3, -0.25) is 4.79 Å². The monoisotopic (exact) mass is 534 g/mol. The molecule has 1 fully saturated rings. The molecule has 11 heteroatoms. The molecule has 1 aliphatic rings. The number of carbonyl (C=O) groups excluding carboxylic acids is 1. The number of carbonyl (C=O) groups is 1. The van der Waals surface area contributed by atoms with Crippen LogP contribution in [0.2, 0.25) is 15.1 Å². The summed E-state index contributed by atoms with van der Waals surface area (Å²) >= 11 is 18.5. The molecule has 0 saturated carbocycles. The van der Waals surface area contributed by atoms with Gasteiger partial charge in [-0.15, -0.1) is 0 Å². The van der Waals surface area contributed by atoms with Crippen LogP contribution in [-0.4, -0.2) is 39.2 Å². The van der Waals surface area contributed by atoms with Crippen molar-refractivity contribution < 1.29 is 18.2 Å². The molecule has 1 aliphatic heterocycles. The van der Waals surface area contributed by atoms with Gasteiger partial charge < -0.3 is 13.9 Å². The van der Waals surface area contributed by atoms with Crippen LogP contribution >= 0.6 is 34.8 Å². The molecule has 180 valence electrons. The van der Waals surface area contributed by atoms with E-state index in [1.54, 1.807) is 36.1 Å². The molecule has 3 heterocycles. The van der Waals surface area contributed by atoms with Crippen molar-refractivity contribution in [3.05, 3.63) is 74.5 Å². The van der Waals surface area contributed by atoms with Crippen molar-refractivity contribution in [2.24, 2.45) is 0 Å². The minimum Gasteiger partial charge on any atom is -0.360 e. The van der Waals surface area contributed by atoms with Gasteiger partial charge in [0.05, 0.1) is 15.6 Å². The van der Waals surface area contributed by atoms with Crippen molar-refractivity contribution in [3.63, 3.8) is 0 Å². The second-order valence-electron chi connectivity index (χ2n) is 8.21. The van der Waals surface area contributed by atoms with E-state index in [0.717, 1.165) is 0 Å². The van der Waals surface area contributed by atoms with Gasteiger partial charge in [0.15, 0.2) is 0 Å². The summed E-state index contributed by atoms with van der Waals surface area (Å²) in [6.45, 7) is 2.59. The molecular weight excluding hydrogens is 518 g/mol. The molecule has 0 spiro atoms. The number of piperidine rings is 1. The number of nitrogens with zero attached hydrogens (tertiary/aromatic N) is 4. The van der Waals surface area contributed by atoms with Crippen molar-refractivity contribution in [3.8, 4) is 22.6 Å². The highest BCUT2D eigenvalue weighted by Gasteiger charge is 2.32. The van der Waals surface area contributed by atoms with E-state index in [1.807, 2.05) is 0 Å². The van der Waals surface area contributed by atoms with Crippen molar-refractivity contribution >= 4 is 40.7 Å². The zero-order valence-electron chi connectivity index (χ0n) is 18.4. The zero-order valence-corrected chi connectivity index (χ0v) is 20.7. The quantitative estimate of drug-likeness (QED) is 0.285. The van der Waals surface area contributed by atoms with E-state index < -0.39 is 5.82 Å².